The molecule has 1 aliphatic heterocycles. The molecule has 0 N–H and O–H groups in total. The molecule has 2 rings (SSSR count). The maximum absolute atomic E-state index is 11.8. The molecule has 78 valence electrons. The summed E-state index contributed by atoms with van der Waals surface area (Å²) >= 11 is 0. The molecule has 0 spiro atoms. The number of hydrogen-bond donors (Lipinski definition) is 0. The van der Waals surface area contributed by atoms with Crippen LogP contribution in [-0.4, -0.2) is 18.7 Å². The lowest BCUT2D eigenvalue weighted by atomic mass is 9.76. The molecule has 15 heavy (non-hydrogen) atoms. The molecule has 3 nitrogen and oxygen atoms in total. The fourth-order valence-corrected chi connectivity index (χ4v) is 1.95. The molecule has 0 aliphatic carbocycles. The predicted octanol–water partition coefficient (Wildman–Crippen LogP) is 1.51. The molecule has 0 atom stereocenters. The third kappa shape index (κ3) is 1.19. The largest absolute Gasteiger partial charge is 0.309 e. The van der Waals surface area contributed by atoms with Gasteiger partial charge in [0.05, 0.1) is 5.41 Å². The highest BCUT2D eigenvalue weighted by Crippen LogP contribution is 2.36. The van der Waals surface area contributed by atoms with Crippen LogP contribution in [0.5, 0.6) is 0 Å². The lowest BCUT2D eigenvalue weighted by Gasteiger charge is -2.35. The van der Waals surface area contributed by atoms with Crippen molar-refractivity contribution >= 4 is 17.4 Å². The summed E-state index contributed by atoms with van der Waals surface area (Å²) in [5.41, 5.74) is 1.03. The smallest absolute Gasteiger partial charge is 0.295 e. The average Bonchev–Trinajstić information content (AvgIpc) is 2.24. The molecular weight excluding hydrogens is 190 g/mol. The van der Waals surface area contributed by atoms with E-state index in [9.17, 15) is 9.59 Å². The molecule has 0 fully saturated rings. The molecule has 1 aliphatic rings. The zero-order chi connectivity index (χ0) is 11.2. The maximum Gasteiger partial charge on any atom is 0.295 e. The van der Waals surface area contributed by atoms with E-state index < -0.39 is 11.3 Å². The number of ketones is 1. The lowest BCUT2D eigenvalue weighted by molar-refractivity contribution is -0.139. The van der Waals surface area contributed by atoms with E-state index in [4.69, 9.17) is 0 Å². The van der Waals surface area contributed by atoms with Crippen molar-refractivity contribution in [2.45, 2.75) is 19.3 Å². The Hall–Kier alpha value is -1.64. The molecule has 0 saturated heterocycles. The number of Topliss-reactive ketones (excluding diaryl/α,β-unsaturated/α-hetero) is 1. The number of carbonyl (C=O) groups excluding carboxylic acids is 2. The molecule has 1 amide bonds. The molecule has 0 radical (unpaired) electrons. The average molecular weight is 203 g/mol. The van der Waals surface area contributed by atoms with Gasteiger partial charge >= 0.3 is 0 Å². The number of amides is 1. The maximum atomic E-state index is 11.8. The molecule has 1 aromatic rings. The number of para-hydroxylation sites is 1. The Kier molecular flexibility index (Phi) is 1.93. The minimum Gasteiger partial charge on any atom is -0.309 e. The summed E-state index contributed by atoms with van der Waals surface area (Å²) in [4.78, 5) is 24.9. The zero-order valence-corrected chi connectivity index (χ0v) is 9.07. The first-order chi connectivity index (χ1) is 6.96. The Bertz CT molecular complexity index is 449. The van der Waals surface area contributed by atoms with Crippen LogP contribution in [0.25, 0.3) is 0 Å². The van der Waals surface area contributed by atoms with Crippen LogP contribution in [0.15, 0.2) is 24.3 Å². The number of likely N-dealkylation sites (N-methyl/N-ethyl adjacent to an activating group) is 1. The SMILES string of the molecule is CN1C(=O)C(=O)C(C)(C)c2ccccc21. The topological polar surface area (TPSA) is 37.4 Å². The van der Waals surface area contributed by atoms with Crippen LogP contribution in [0.1, 0.15) is 19.4 Å². The quantitative estimate of drug-likeness (QED) is 0.599. The second kappa shape index (κ2) is 2.92. The highest BCUT2D eigenvalue weighted by Gasteiger charge is 2.43. The van der Waals surface area contributed by atoms with E-state index in [1.165, 1.54) is 4.90 Å². The van der Waals surface area contributed by atoms with Crippen molar-refractivity contribution in [2.24, 2.45) is 0 Å². The monoisotopic (exact) mass is 203 g/mol. The molecule has 0 aromatic heterocycles. The first kappa shape index (κ1) is 9.90. The van der Waals surface area contributed by atoms with Gasteiger partial charge in [-0.15, -0.1) is 0 Å². The summed E-state index contributed by atoms with van der Waals surface area (Å²) in [5.74, 6) is -0.776. The van der Waals surface area contributed by atoms with Gasteiger partial charge in [-0.1, -0.05) is 18.2 Å². The lowest BCUT2D eigenvalue weighted by Crippen LogP contribution is -2.48. The fraction of sp³-hybridized carbons (Fsp3) is 0.333. The van der Waals surface area contributed by atoms with Crippen molar-refractivity contribution in [3.8, 4) is 0 Å². The van der Waals surface area contributed by atoms with Crippen molar-refractivity contribution < 1.29 is 9.59 Å². The number of benzene rings is 1. The number of hydrogen-bond acceptors (Lipinski definition) is 2. The Balaban J connectivity index is 2.72. The Labute approximate surface area is 88.7 Å². The number of anilines is 1. The van der Waals surface area contributed by atoms with E-state index in [0.29, 0.717) is 0 Å². The van der Waals surface area contributed by atoms with Gasteiger partial charge in [-0.25, -0.2) is 0 Å². The summed E-state index contributed by atoms with van der Waals surface area (Å²) in [6, 6.07) is 7.52. The van der Waals surface area contributed by atoms with Crippen LogP contribution < -0.4 is 4.90 Å². The number of carbonyl (C=O) groups is 2. The molecule has 0 unspecified atom stereocenters. The van der Waals surface area contributed by atoms with Gasteiger partial charge in [-0.2, -0.15) is 0 Å². The summed E-state index contributed by atoms with van der Waals surface area (Å²) < 4.78 is 0. The first-order valence-electron chi connectivity index (χ1n) is 4.88. The van der Waals surface area contributed by atoms with Crippen LogP contribution in [0, 0.1) is 0 Å². The molecule has 1 aromatic carbocycles. The summed E-state index contributed by atoms with van der Waals surface area (Å²) in [6.07, 6.45) is 0. The van der Waals surface area contributed by atoms with Gasteiger partial charge < -0.3 is 4.90 Å². The Morgan fingerprint density at radius 2 is 1.73 bits per heavy atom. The van der Waals surface area contributed by atoms with Gasteiger partial charge in [0.25, 0.3) is 5.91 Å². The zero-order valence-electron chi connectivity index (χ0n) is 9.07. The molecule has 3 heteroatoms. The molecule has 0 bridgehead atoms. The van der Waals surface area contributed by atoms with Gasteiger partial charge in [-0.05, 0) is 25.5 Å². The Morgan fingerprint density at radius 1 is 1.13 bits per heavy atom. The third-order valence-electron chi connectivity index (χ3n) is 3.01. The molecular formula is C12H13NO2. The second-order valence-corrected chi connectivity index (χ2v) is 4.34. The van der Waals surface area contributed by atoms with Crippen LogP contribution >= 0.6 is 0 Å². The Morgan fingerprint density at radius 3 is 2.40 bits per heavy atom. The fourth-order valence-electron chi connectivity index (χ4n) is 1.95. The third-order valence-corrected chi connectivity index (χ3v) is 3.01. The van der Waals surface area contributed by atoms with Crippen molar-refractivity contribution in [3.05, 3.63) is 29.8 Å². The van der Waals surface area contributed by atoms with Crippen LogP contribution in [0.2, 0.25) is 0 Å². The minimum absolute atomic E-state index is 0.344. The van der Waals surface area contributed by atoms with Crippen LogP contribution in [0.4, 0.5) is 5.69 Å². The van der Waals surface area contributed by atoms with E-state index in [-0.39, 0.29) is 5.78 Å². The van der Waals surface area contributed by atoms with Gasteiger partial charge in [0.1, 0.15) is 0 Å². The van der Waals surface area contributed by atoms with Gasteiger partial charge in [-0.3, -0.25) is 9.59 Å². The summed E-state index contributed by atoms with van der Waals surface area (Å²) in [5, 5.41) is 0. The van der Waals surface area contributed by atoms with E-state index in [0.717, 1.165) is 11.3 Å². The molecule has 0 saturated carbocycles. The van der Waals surface area contributed by atoms with Gasteiger partial charge in [0.15, 0.2) is 0 Å². The first-order valence-corrected chi connectivity index (χ1v) is 4.88. The number of nitrogens with zero attached hydrogens (tertiary/aromatic N) is 1. The number of rotatable bonds is 0. The van der Waals surface area contributed by atoms with E-state index in [2.05, 4.69) is 0 Å². The van der Waals surface area contributed by atoms with Crippen molar-refractivity contribution in [3.63, 3.8) is 0 Å². The van der Waals surface area contributed by atoms with Crippen molar-refractivity contribution in [1.82, 2.24) is 0 Å². The molecule has 1 heterocycles. The van der Waals surface area contributed by atoms with Gasteiger partial charge in [0.2, 0.25) is 5.78 Å². The van der Waals surface area contributed by atoms with Crippen molar-refractivity contribution in [2.75, 3.05) is 11.9 Å². The normalized spacial score (nSPS) is 19.0. The van der Waals surface area contributed by atoms with E-state index in [1.807, 2.05) is 24.3 Å². The van der Waals surface area contributed by atoms with Gasteiger partial charge in [0, 0.05) is 12.7 Å². The standard InChI is InChI=1S/C12H13NO2/c1-12(2)8-6-4-5-7-9(8)13(3)11(15)10(12)14/h4-7H,1-3H3. The second-order valence-electron chi connectivity index (χ2n) is 4.34. The highest BCUT2D eigenvalue weighted by atomic mass is 16.2. The predicted molar refractivity (Wildman–Crippen MR) is 57.9 cm³/mol. The van der Waals surface area contributed by atoms with Crippen LogP contribution in [-0.2, 0) is 15.0 Å². The summed E-state index contributed by atoms with van der Waals surface area (Å²) in [7, 11) is 1.63. The van der Waals surface area contributed by atoms with Crippen LogP contribution in [0.3, 0.4) is 0 Å². The summed E-state index contributed by atoms with van der Waals surface area (Å²) in [6.45, 7) is 3.58. The highest BCUT2D eigenvalue weighted by molar-refractivity contribution is 6.45. The minimum atomic E-state index is -0.708. The van der Waals surface area contributed by atoms with E-state index >= 15 is 0 Å². The van der Waals surface area contributed by atoms with E-state index in [1.54, 1.807) is 20.9 Å². The van der Waals surface area contributed by atoms with Crippen molar-refractivity contribution in [1.29, 1.82) is 0 Å². The number of fused-ring (bicyclic) bond motifs is 1.